The van der Waals surface area contributed by atoms with Gasteiger partial charge in [-0.1, -0.05) is 6.07 Å². The van der Waals surface area contributed by atoms with Gasteiger partial charge in [-0.2, -0.15) is 0 Å². The summed E-state index contributed by atoms with van der Waals surface area (Å²) in [5, 5.41) is 80.9. The van der Waals surface area contributed by atoms with Crippen LogP contribution in [0.25, 0.3) is 0 Å². The maximum Gasteiger partial charge on any atom is 0.303 e. The number of rotatable bonds is 11. The van der Waals surface area contributed by atoms with E-state index in [0.29, 0.717) is 5.56 Å². The van der Waals surface area contributed by atoms with Crippen LogP contribution in [0.3, 0.4) is 0 Å². The molecule has 0 saturated carbocycles. The van der Waals surface area contributed by atoms with E-state index in [9.17, 15) is 50.1 Å². The normalized spacial score (nSPS) is 22.7. The number of ketones is 1. The number of amides is 1. The zero-order chi connectivity index (χ0) is 28.9. The third kappa shape index (κ3) is 7.34. The number of ether oxygens (including phenoxy) is 2. The third-order valence-corrected chi connectivity index (χ3v) is 5.98. The Morgan fingerprint density at radius 3 is 2.28 bits per heavy atom. The van der Waals surface area contributed by atoms with Gasteiger partial charge in [0.15, 0.2) is 5.78 Å². The lowest BCUT2D eigenvalue weighted by molar-refractivity contribution is -0.277. The highest BCUT2D eigenvalue weighted by atomic mass is 16.7. The van der Waals surface area contributed by atoms with Crippen molar-refractivity contribution in [3.8, 4) is 23.0 Å². The molecule has 0 radical (unpaired) electrons. The van der Waals surface area contributed by atoms with Gasteiger partial charge in [-0.15, -0.1) is 0 Å². The number of carboxylic acid groups (broad SMARTS) is 1. The molecule has 1 aliphatic rings. The first-order chi connectivity index (χ1) is 18.4. The minimum Gasteiger partial charge on any atom is -0.508 e. The summed E-state index contributed by atoms with van der Waals surface area (Å²) in [6.07, 6.45) is -9.10. The molecule has 212 valence electrons. The second-order valence-electron chi connectivity index (χ2n) is 8.87. The number of carbonyl (C=O) groups is 3. The summed E-state index contributed by atoms with van der Waals surface area (Å²) >= 11 is 0. The fourth-order valence-corrected chi connectivity index (χ4v) is 3.90. The number of aliphatic carboxylic acids is 1. The van der Waals surface area contributed by atoms with Crippen LogP contribution in [0.1, 0.15) is 35.2 Å². The monoisotopic (exact) mass is 551 g/mol. The summed E-state index contributed by atoms with van der Waals surface area (Å²) in [5.41, 5.74) is 0.115. The molecular weight excluding hydrogens is 522 g/mol. The second kappa shape index (κ2) is 12.7. The van der Waals surface area contributed by atoms with Crippen molar-refractivity contribution in [2.75, 3.05) is 11.9 Å². The lowest BCUT2D eigenvalue weighted by Gasteiger charge is -2.39. The maximum absolute atomic E-state index is 13.1. The van der Waals surface area contributed by atoms with Crippen LogP contribution < -0.4 is 10.1 Å². The SMILES string of the molecule is O=C(O)CCC(=O)Nc1cc(CCC(=O)c2c(O)cc(O)cc2O[C@@H]2O[C@H](CO)[C@@H](O)[C@H](O)[C@H]2O)ccc1O. The van der Waals surface area contributed by atoms with E-state index in [1.165, 1.54) is 18.2 Å². The average molecular weight is 552 g/mol. The van der Waals surface area contributed by atoms with E-state index >= 15 is 0 Å². The quantitative estimate of drug-likeness (QED) is 0.128. The van der Waals surface area contributed by atoms with Crippen molar-refractivity contribution in [1.82, 2.24) is 0 Å². The van der Waals surface area contributed by atoms with Crippen molar-refractivity contribution >= 4 is 23.3 Å². The highest BCUT2D eigenvalue weighted by molar-refractivity contribution is 6.01. The summed E-state index contributed by atoms with van der Waals surface area (Å²) in [6, 6.07) is 6.01. The van der Waals surface area contributed by atoms with Crippen molar-refractivity contribution < 1.29 is 64.7 Å². The van der Waals surface area contributed by atoms with Gasteiger partial charge < -0.3 is 55.6 Å². The van der Waals surface area contributed by atoms with Gasteiger partial charge in [0.1, 0.15) is 53.0 Å². The predicted molar refractivity (Wildman–Crippen MR) is 130 cm³/mol. The number of anilines is 1. The van der Waals surface area contributed by atoms with Crippen LogP contribution >= 0.6 is 0 Å². The Morgan fingerprint density at radius 1 is 0.897 bits per heavy atom. The van der Waals surface area contributed by atoms with Gasteiger partial charge in [0.25, 0.3) is 0 Å². The molecular formula is C25H29NO13. The molecule has 1 aliphatic heterocycles. The summed E-state index contributed by atoms with van der Waals surface area (Å²) in [6.45, 7) is -0.726. The molecule has 9 N–H and O–H groups in total. The summed E-state index contributed by atoms with van der Waals surface area (Å²) in [4.78, 5) is 35.6. The number of aliphatic hydroxyl groups is 4. The molecule has 14 heteroatoms. The number of carbonyl (C=O) groups excluding carboxylic acids is 2. The van der Waals surface area contributed by atoms with Gasteiger partial charge in [0.05, 0.1) is 18.7 Å². The molecule has 0 unspecified atom stereocenters. The molecule has 0 aromatic heterocycles. The second-order valence-corrected chi connectivity index (χ2v) is 8.87. The summed E-state index contributed by atoms with van der Waals surface area (Å²) in [5.74, 6) is -4.30. The van der Waals surface area contributed by atoms with Gasteiger partial charge in [0.2, 0.25) is 12.2 Å². The molecule has 1 fully saturated rings. The number of phenolic OH excluding ortho intramolecular Hbond substituents is 3. The van der Waals surface area contributed by atoms with Crippen molar-refractivity contribution in [1.29, 1.82) is 0 Å². The van der Waals surface area contributed by atoms with Crippen LogP contribution in [0.5, 0.6) is 23.0 Å². The lowest BCUT2D eigenvalue weighted by Crippen LogP contribution is -2.60. The molecule has 1 heterocycles. The van der Waals surface area contributed by atoms with Crippen molar-refractivity contribution in [2.45, 2.75) is 56.4 Å². The van der Waals surface area contributed by atoms with Crippen LogP contribution in [0.2, 0.25) is 0 Å². The standard InChI is InChI=1S/C25H29NO13/c27-10-18-22(35)23(36)24(37)25(39-18)38-17-9-12(28)8-16(31)21(17)15(30)4-2-11-1-3-14(29)13(7-11)26-19(32)5-6-20(33)34/h1,3,7-9,18,22-25,27-29,31,35-37H,2,4-6,10H2,(H,26,32)(H,33,34)/t18-,22-,23+,24-,25-/m1/s1. The van der Waals surface area contributed by atoms with Crippen LogP contribution in [-0.2, 0) is 20.7 Å². The number of aromatic hydroxyl groups is 3. The van der Waals surface area contributed by atoms with E-state index in [2.05, 4.69) is 5.32 Å². The molecule has 0 bridgehead atoms. The zero-order valence-electron chi connectivity index (χ0n) is 20.4. The Kier molecular flexibility index (Phi) is 9.66. The van der Waals surface area contributed by atoms with Gasteiger partial charge >= 0.3 is 5.97 Å². The van der Waals surface area contributed by atoms with Gasteiger partial charge in [-0.05, 0) is 24.1 Å². The number of carboxylic acids is 1. The highest BCUT2D eigenvalue weighted by Crippen LogP contribution is 2.36. The lowest BCUT2D eigenvalue weighted by atomic mass is 9.98. The first kappa shape index (κ1) is 29.6. The number of hydrogen-bond donors (Lipinski definition) is 9. The van der Waals surface area contributed by atoms with Crippen LogP contribution in [0.4, 0.5) is 5.69 Å². The van der Waals surface area contributed by atoms with E-state index < -0.39 is 78.6 Å². The molecule has 1 saturated heterocycles. The molecule has 2 aromatic rings. The van der Waals surface area contributed by atoms with E-state index in [-0.39, 0.29) is 36.3 Å². The largest absolute Gasteiger partial charge is 0.508 e. The molecule has 2 aromatic carbocycles. The average Bonchev–Trinajstić information content (AvgIpc) is 2.87. The number of nitrogens with one attached hydrogen (secondary N) is 1. The molecule has 0 spiro atoms. The number of phenols is 3. The Bertz CT molecular complexity index is 1210. The molecule has 39 heavy (non-hydrogen) atoms. The minimum absolute atomic E-state index is 0.00876. The number of Topliss-reactive ketones (excluding diaryl/α,β-unsaturated/α-hetero) is 1. The van der Waals surface area contributed by atoms with Crippen molar-refractivity contribution in [2.24, 2.45) is 0 Å². The number of benzene rings is 2. The number of aliphatic hydroxyl groups excluding tert-OH is 4. The Balaban J connectivity index is 1.76. The smallest absolute Gasteiger partial charge is 0.303 e. The Morgan fingerprint density at radius 2 is 1.62 bits per heavy atom. The minimum atomic E-state index is -1.81. The van der Waals surface area contributed by atoms with Crippen molar-refractivity contribution in [3.05, 3.63) is 41.5 Å². The fraction of sp³-hybridized carbons (Fsp3) is 0.400. The molecule has 1 amide bonds. The fourth-order valence-electron chi connectivity index (χ4n) is 3.90. The summed E-state index contributed by atoms with van der Waals surface area (Å²) < 4.78 is 10.8. The molecule has 3 rings (SSSR count). The Hall–Kier alpha value is -3.95. The van der Waals surface area contributed by atoms with Gasteiger partial charge in [-0.3, -0.25) is 14.4 Å². The first-order valence-electron chi connectivity index (χ1n) is 11.8. The Labute approximate surface area is 221 Å². The third-order valence-electron chi connectivity index (χ3n) is 5.98. The highest BCUT2D eigenvalue weighted by Gasteiger charge is 2.45. The predicted octanol–water partition coefficient (Wildman–Crippen LogP) is -0.399. The molecule has 0 aliphatic carbocycles. The van der Waals surface area contributed by atoms with Gasteiger partial charge in [0, 0.05) is 25.0 Å². The topological polar surface area (TPSA) is 244 Å². The molecule has 5 atom stereocenters. The summed E-state index contributed by atoms with van der Waals surface area (Å²) in [7, 11) is 0. The first-order valence-corrected chi connectivity index (χ1v) is 11.8. The van der Waals surface area contributed by atoms with E-state index in [0.717, 1.165) is 12.1 Å². The van der Waals surface area contributed by atoms with E-state index in [4.69, 9.17) is 14.6 Å². The number of aryl methyl sites for hydroxylation is 1. The van der Waals surface area contributed by atoms with E-state index in [1.807, 2.05) is 0 Å². The zero-order valence-corrected chi connectivity index (χ0v) is 20.4. The van der Waals surface area contributed by atoms with Gasteiger partial charge in [-0.25, -0.2) is 0 Å². The number of hydrogen-bond acceptors (Lipinski definition) is 12. The van der Waals surface area contributed by atoms with Crippen molar-refractivity contribution in [3.63, 3.8) is 0 Å². The molecule has 14 nitrogen and oxygen atoms in total. The van der Waals surface area contributed by atoms with Crippen LogP contribution in [0, 0.1) is 0 Å². The van der Waals surface area contributed by atoms with Crippen LogP contribution in [-0.4, -0.2) is 95.8 Å². The van der Waals surface area contributed by atoms with Crippen LogP contribution in [0.15, 0.2) is 30.3 Å². The maximum atomic E-state index is 13.1. The van der Waals surface area contributed by atoms with E-state index in [1.54, 1.807) is 0 Å².